The first kappa shape index (κ1) is 21.3. The molecule has 30 heavy (non-hydrogen) atoms. The van der Waals surface area contributed by atoms with E-state index in [9.17, 15) is 4.79 Å². The predicted octanol–water partition coefficient (Wildman–Crippen LogP) is 5.69. The minimum absolute atomic E-state index is 0.302. The van der Waals surface area contributed by atoms with Gasteiger partial charge in [-0.05, 0) is 63.5 Å². The van der Waals surface area contributed by atoms with Crippen LogP contribution >= 0.6 is 0 Å². The number of aryl methyl sites for hydroxylation is 1. The third-order valence-corrected chi connectivity index (χ3v) is 7.57. The molecule has 5 nitrogen and oxygen atoms in total. The summed E-state index contributed by atoms with van der Waals surface area (Å²) in [4.78, 5) is 24.8. The summed E-state index contributed by atoms with van der Waals surface area (Å²) in [6, 6.07) is 4.54. The molecule has 2 fully saturated rings. The van der Waals surface area contributed by atoms with Gasteiger partial charge in [-0.2, -0.15) is 0 Å². The highest BCUT2D eigenvalue weighted by Gasteiger charge is 2.28. The Morgan fingerprint density at radius 1 is 1.10 bits per heavy atom. The molecule has 164 valence electrons. The number of fused-ring (bicyclic) bond motifs is 1. The van der Waals surface area contributed by atoms with Crippen LogP contribution in [-0.4, -0.2) is 37.9 Å². The average Bonchev–Trinajstić information content (AvgIpc) is 3.17. The smallest absolute Gasteiger partial charge is 0.224 e. The van der Waals surface area contributed by atoms with Crippen molar-refractivity contribution in [3.8, 4) is 0 Å². The van der Waals surface area contributed by atoms with Gasteiger partial charge in [0, 0.05) is 37.7 Å². The number of hydrogen-bond acceptors (Lipinski definition) is 3. The van der Waals surface area contributed by atoms with E-state index in [1.165, 1.54) is 64.2 Å². The Bertz CT molecular complexity index is 831. The Hall–Kier alpha value is -1.91. The first-order valence-corrected chi connectivity index (χ1v) is 12.3. The van der Waals surface area contributed by atoms with Crippen molar-refractivity contribution in [2.75, 3.05) is 6.54 Å². The molecule has 0 spiro atoms. The Morgan fingerprint density at radius 3 is 2.57 bits per heavy atom. The van der Waals surface area contributed by atoms with Crippen molar-refractivity contribution in [1.29, 1.82) is 0 Å². The highest BCUT2D eigenvalue weighted by Crippen LogP contribution is 2.37. The Morgan fingerprint density at radius 2 is 1.87 bits per heavy atom. The van der Waals surface area contributed by atoms with E-state index < -0.39 is 0 Å². The van der Waals surface area contributed by atoms with E-state index in [4.69, 9.17) is 4.98 Å². The van der Waals surface area contributed by atoms with Crippen LogP contribution in [0.1, 0.15) is 96.2 Å². The van der Waals surface area contributed by atoms with Crippen molar-refractivity contribution in [2.24, 2.45) is 5.92 Å². The summed E-state index contributed by atoms with van der Waals surface area (Å²) in [6.45, 7) is 5.97. The number of pyridine rings is 1. The molecule has 0 bridgehead atoms. The number of rotatable bonds is 7. The molecule has 0 N–H and O–H groups in total. The van der Waals surface area contributed by atoms with Crippen LogP contribution in [0.25, 0.3) is 11.2 Å². The van der Waals surface area contributed by atoms with Gasteiger partial charge in [0.25, 0.3) is 0 Å². The molecular formula is C25H38N4O. The molecule has 0 saturated heterocycles. The van der Waals surface area contributed by atoms with Crippen molar-refractivity contribution < 1.29 is 4.79 Å². The van der Waals surface area contributed by atoms with Crippen LogP contribution in [0.5, 0.6) is 0 Å². The first-order valence-electron chi connectivity index (χ1n) is 12.3. The molecule has 0 atom stereocenters. The molecule has 0 unspecified atom stereocenters. The van der Waals surface area contributed by atoms with E-state index in [0.717, 1.165) is 29.5 Å². The zero-order valence-corrected chi connectivity index (χ0v) is 18.9. The molecule has 2 aromatic rings. The molecule has 0 aliphatic heterocycles. The van der Waals surface area contributed by atoms with Crippen LogP contribution < -0.4 is 0 Å². The van der Waals surface area contributed by atoms with E-state index in [0.29, 0.717) is 30.8 Å². The molecule has 0 radical (unpaired) electrons. The third kappa shape index (κ3) is 4.55. The van der Waals surface area contributed by atoms with Crippen LogP contribution in [-0.2, 0) is 11.3 Å². The lowest BCUT2D eigenvalue weighted by Gasteiger charge is -2.34. The Balaban J connectivity index is 1.50. The van der Waals surface area contributed by atoms with Crippen LogP contribution in [0.2, 0.25) is 0 Å². The van der Waals surface area contributed by atoms with Crippen LogP contribution in [0.3, 0.4) is 0 Å². The van der Waals surface area contributed by atoms with Gasteiger partial charge >= 0.3 is 0 Å². The van der Waals surface area contributed by atoms with E-state index in [1.807, 2.05) is 12.3 Å². The van der Waals surface area contributed by atoms with E-state index in [-0.39, 0.29) is 0 Å². The highest BCUT2D eigenvalue weighted by atomic mass is 16.2. The van der Waals surface area contributed by atoms with Gasteiger partial charge in [0.15, 0.2) is 5.65 Å². The molecule has 2 heterocycles. The molecule has 5 heteroatoms. The summed E-state index contributed by atoms with van der Waals surface area (Å²) in [5, 5.41) is 0. The number of hydrogen-bond donors (Lipinski definition) is 0. The molecule has 2 aliphatic rings. The number of carbonyl (C=O) groups is 1. The summed E-state index contributed by atoms with van der Waals surface area (Å²) in [6.07, 6.45) is 14.8. The third-order valence-electron chi connectivity index (χ3n) is 7.57. The molecule has 1 amide bonds. The highest BCUT2D eigenvalue weighted by molar-refractivity contribution is 5.77. The maximum Gasteiger partial charge on any atom is 0.224 e. The summed E-state index contributed by atoms with van der Waals surface area (Å²) >= 11 is 0. The van der Waals surface area contributed by atoms with Crippen molar-refractivity contribution in [3.05, 3.63) is 24.2 Å². The van der Waals surface area contributed by atoms with Gasteiger partial charge in [0.1, 0.15) is 5.82 Å². The zero-order valence-electron chi connectivity index (χ0n) is 18.9. The number of imidazole rings is 1. The molecule has 2 aliphatic carbocycles. The number of amides is 1. The number of nitrogens with zero attached hydrogens (tertiary/aromatic N) is 4. The van der Waals surface area contributed by atoms with Crippen LogP contribution in [0.15, 0.2) is 18.3 Å². The fraction of sp³-hybridized carbons (Fsp3) is 0.720. The molecular weight excluding hydrogens is 372 g/mol. The fourth-order valence-electron chi connectivity index (χ4n) is 5.74. The largest absolute Gasteiger partial charge is 0.340 e. The second-order valence-electron chi connectivity index (χ2n) is 9.32. The van der Waals surface area contributed by atoms with Crippen molar-refractivity contribution in [2.45, 2.75) is 103 Å². The van der Waals surface area contributed by atoms with E-state index in [1.54, 1.807) is 0 Å². The van der Waals surface area contributed by atoms with E-state index in [2.05, 4.69) is 34.4 Å². The summed E-state index contributed by atoms with van der Waals surface area (Å²) in [5.41, 5.74) is 1.91. The minimum Gasteiger partial charge on any atom is -0.340 e. The van der Waals surface area contributed by atoms with Gasteiger partial charge in [0.2, 0.25) is 5.91 Å². The molecule has 0 aromatic carbocycles. The fourth-order valence-corrected chi connectivity index (χ4v) is 5.74. The SMILES string of the molecule is CCC1CCC(c2nc3ncccc3n2CCC(=O)N(CC)C2CCCCC2)CC1. The second kappa shape index (κ2) is 9.93. The number of carbonyl (C=O) groups excluding carboxylic acids is 1. The first-order chi connectivity index (χ1) is 14.7. The van der Waals surface area contributed by atoms with Crippen LogP contribution in [0, 0.1) is 5.92 Å². The second-order valence-corrected chi connectivity index (χ2v) is 9.32. The molecule has 2 aromatic heterocycles. The van der Waals surface area contributed by atoms with Crippen molar-refractivity contribution >= 4 is 17.1 Å². The van der Waals surface area contributed by atoms with E-state index >= 15 is 0 Å². The van der Waals surface area contributed by atoms with Crippen molar-refractivity contribution in [1.82, 2.24) is 19.4 Å². The van der Waals surface area contributed by atoms with Gasteiger partial charge in [-0.15, -0.1) is 0 Å². The minimum atomic E-state index is 0.302. The average molecular weight is 411 g/mol. The van der Waals surface area contributed by atoms with Crippen molar-refractivity contribution in [3.63, 3.8) is 0 Å². The molecule has 2 saturated carbocycles. The lowest BCUT2D eigenvalue weighted by Crippen LogP contribution is -2.41. The quantitative estimate of drug-likeness (QED) is 0.589. The predicted molar refractivity (Wildman–Crippen MR) is 121 cm³/mol. The summed E-state index contributed by atoms with van der Waals surface area (Å²) in [7, 11) is 0. The molecule has 4 rings (SSSR count). The zero-order chi connectivity index (χ0) is 20.9. The Kier molecular flexibility index (Phi) is 7.06. The Labute approximate surface area is 181 Å². The topological polar surface area (TPSA) is 51.0 Å². The summed E-state index contributed by atoms with van der Waals surface area (Å²) in [5.74, 6) is 2.83. The normalized spacial score (nSPS) is 23.0. The maximum atomic E-state index is 13.2. The standard InChI is InChI=1S/C25H38N4O/c1-3-19-12-14-20(15-13-19)25-27-24-22(11-8-17-26-24)29(25)18-16-23(30)28(4-2)21-9-6-5-7-10-21/h8,11,17,19-21H,3-7,9-10,12-16,18H2,1-2H3. The van der Waals surface area contributed by atoms with Gasteiger partial charge < -0.3 is 9.47 Å². The van der Waals surface area contributed by atoms with Gasteiger partial charge in [-0.3, -0.25) is 4.79 Å². The summed E-state index contributed by atoms with van der Waals surface area (Å²) < 4.78 is 2.31. The lowest BCUT2D eigenvalue weighted by molar-refractivity contribution is -0.134. The van der Waals surface area contributed by atoms with Gasteiger partial charge in [0.05, 0.1) is 5.52 Å². The number of aromatic nitrogens is 3. The maximum absolute atomic E-state index is 13.2. The van der Waals surface area contributed by atoms with Crippen LogP contribution in [0.4, 0.5) is 0 Å². The monoisotopic (exact) mass is 410 g/mol. The van der Waals surface area contributed by atoms with Gasteiger partial charge in [-0.25, -0.2) is 9.97 Å². The lowest BCUT2D eigenvalue weighted by atomic mass is 9.80. The van der Waals surface area contributed by atoms with Gasteiger partial charge in [-0.1, -0.05) is 32.6 Å².